The third kappa shape index (κ3) is 14.9. The van der Waals surface area contributed by atoms with Crippen molar-refractivity contribution in [3.05, 3.63) is 148 Å². The topological polar surface area (TPSA) is 217 Å². The van der Waals surface area contributed by atoms with Crippen molar-refractivity contribution >= 4 is 52.7 Å². The van der Waals surface area contributed by atoms with E-state index in [2.05, 4.69) is 33.1 Å². The van der Waals surface area contributed by atoms with E-state index in [0.29, 0.717) is 55.3 Å². The summed E-state index contributed by atoms with van der Waals surface area (Å²) >= 11 is 0. The van der Waals surface area contributed by atoms with Gasteiger partial charge in [-0.3, -0.25) is 43.7 Å². The lowest BCUT2D eigenvalue weighted by atomic mass is 9.85. The molecule has 3 fully saturated rings. The number of carbonyl (C=O) groups is 8. The van der Waals surface area contributed by atoms with Crippen LogP contribution in [-0.4, -0.2) is 99.7 Å². The van der Waals surface area contributed by atoms with E-state index in [0.717, 1.165) is 54.9 Å². The van der Waals surface area contributed by atoms with Gasteiger partial charge in [0.05, 0.1) is 6.04 Å². The Morgan fingerprint density at radius 3 is 2.21 bits per heavy atom. The Morgan fingerprint density at radius 1 is 0.838 bits per heavy atom. The van der Waals surface area contributed by atoms with Gasteiger partial charge in [-0.2, -0.15) is 0 Å². The van der Waals surface area contributed by atoms with E-state index in [1.54, 1.807) is 24.0 Å². The summed E-state index contributed by atoms with van der Waals surface area (Å²) in [5.74, 6) is -0.315. The third-order valence-corrected chi connectivity index (χ3v) is 15.9. The van der Waals surface area contributed by atoms with E-state index in [1.807, 2.05) is 66.7 Å². The van der Waals surface area contributed by atoms with Crippen LogP contribution in [0.2, 0.25) is 0 Å². The molecule has 4 aliphatic rings. The number of Topliss-reactive ketones (excluding diaryl/α,β-unsaturated/α-hetero) is 1. The van der Waals surface area contributed by atoms with Crippen LogP contribution in [0.5, 0.6) is 0 Å². The van der Waals surface area contributed by atoms with Crippen molar-refractivity contribution in [1.29, 1.82) is 0 Å². The van der Waals surface area contributed by atoms with Gasteiger partial charge >= 0.3 is 0 Å². The van der Waals surface area contributed by atoms with E-state index < -0.39 is 59.6 Å². The molecule has 4 aromatic carbocycles. The minimum atomic E-state index is -3.03. The summed E-state index contributed by atoms with van der Waals surface area (Å²) < 4.78 is 27.9. The normalized spacial score (nSPS) is 20.7. The van der Waals surface area contributed by atoms with Crippen LogP contribution in [0.15, 0.2) is 109 Å². The first kappa shape index (κ1) is 58.3. The Morgan fingerprint density at radius 2 is 1.54 bits per heavy atom. The standard InChI is InChI=1S/C63H71F2N7O8/c1-40(41-23-25-45(26-24-41)63(2,64)65)36-58(76)68-52-29-27-46(67-35-14-6-4-3-5-9-20-44-21-15-22-48-50(44)39-71(61(48)79)53-32-34-57(75)70-59(53)77)37-47-28-31-54(72(47)62(52)80)60(78)69-51(30-33-56(66)74)55(73)38-49(42-16-10-7-11-17-42)43-18-12-8-13-19-43/h7-8,10-13,15-19,21-26,36,46-47,49,51-54,67H,3-6,14,27-35,37-39H2,1-2H3,(H2,66,74)(H,68,76)(H,69,78)(H,70,75,77)/b40-36+/t46-,47-,51+,52+,53?,54+/m1/s1. The number of carbonyl (C=O) groups excluding carboxylic acids is 8. The van der Waals surface area contributed by atoms with Crippen LogP contribution in [0.4, 0.5) is 8.78 Å². The maximum Gasteiger partial charge on any atom is 0.270 e. The smallest absolute Gasteiger partial charge is 0.270 e. The van der Waals surface area contributed by atoms with Crippen LogP contribution < -0.4 is 27.0 Å². The number of rotatable bonds is 22. The van der Waals surface area contributed by atoms with Crippen molar-refractivity contribution in [3.63, 3.8) is 0 Å². The number of nitrogens with one attached hydrogen (secondary N) is 4. The number of fused-ring (bicyclic) bond motifs is 2. The molecule has 6 N–H and O–H groups in total. The number of allylic oxidation sites excluding steroid dienone is 1. The van der Waals surface area contributed by atoms with Crippen LogP contribution in [0, 0.1) is 11.8 Å². The molecule has 3 saturated heterocycles. The second-order valence-electron chi connectivity index (χ2n) is 21.6. The second-order valence-corrected chi connectivity index (χ2v) is 21.6. The van der Waals surface area contributed by atoms with Gasteiger partial charge in [-0.1, -0.05) is 116 Å². The second kappa shape index (κ2) is 26.9. The zero-order valence-electron chi connectivity index (χ0n) is 45.4. The van der Waals surface area contributed by atoms with Gasteiger partial charge < -0.3 is 31.5 Å². The highest BCUT2D eigenvalue weighted by atomic mass is 19.3. The van der Waals surface area contributed by atoms with Crippen LogP contribution >= 0.6 is 0 Å². The van der Waals surface area contributed by atoms with Gasteiger partial charge in [0.25, 0.3) is 11.8 Å². The number of nitrogens with two attached hydrogens (primary N) is 1. The lowest BCUT2D eigenvalue weighted by Gasteiger charge is -2.38. The summed E-state index contributed by atoms with van der Waals surface area (Å²) in [4.78, 5) is 110. The molecular formula is C63H71F2N7O8. The van der Waals surface area contributed by atoms with Gasteiger partial charge in [-0.15, -0.1) is 0 Å². The number of alkyl halides is 2. The van der Waals surface area contributed by atoms with Crippen LogP contribution in [0.1, 0.15) is 160 Å². The fourth-order valence-electron chi connectivity index (χ4n) is 11.5. The Hall–Kier alpha value is -7.84. The molecule has 4 aliphatic heterocycles. The minimum Gasteiger partial charge on any atom is -0.370 e. The number of amides is 7. The molecule has 420 valence electrons. The average Bonchev–Trinajstić information content (AvgIpc) is 4.03. The Labute approximate surface area is 466 Å². The number of hydrogen-bond acceptors (Lipinski definition) is 9. The molecule has 1 unspecified atom stereocenters. The molecule has 8 rings (SSSR count). The molecule has 0 spiro atoms. The monoisotopic (exact) mass is 1090 g/mol. The number of primary amides is 1. The van der Waals surface area contributed by atoms with E-state index in [-0.39, 0.29) is 86.2 Å². The molecule has 4 heterocycles. The first-order valence-electron chi connectivity index (χ1n) is 27.9. The predicted octanol–water partition coefficient (Wildman–Crippen LogP) is 7.49. The molecule has 0 saturated carbocycles. The Balaban J connectivity index is 0.910. The largest absolute Gasteiger partial charge is 0.370 e. The van der Waals surface area contributed by atoms with Crippen molar-refractivity contribution in [1.82, 2.24) is 31.1 Å². The number of imide groups is 1. The van der Waals surface area contributed by atoms with E-state index in [4.69, 9.17) is 5.73 Å². The fourth-order valence-corrected chi connectivity index (χ4v) is 11.5. The minimum absolute atomic E-state index is 0.0270. The van der Waals surface area contributed by atoms with E-state index >= 15 is 0 Å². The number of halogens is 2. The number of piperidine rings is 1. The maximum absolute atomic E-state index is 14.8. The summed E-state index contributed by atoms with van der Waals surface area (Å²) in [5, 5.41) is 11.9. The number of hydrogen-bond donors (Lipinski definition) is 5. The summed E-state index contributed by atoms with van der Waals surface area (Å²) in [7, 11) is 0. The molecule has 80 heavy (non-hydrogen) atoms. The van der Waals surface area contributed by atoms with Gasteiger partial charge in [0.15, 0.2) is 5.78 Å². The molecule has 0 aliphatic carbocycles. The first-order valence-corrected chi connectivity index (χ1v) is 27.9. The molecule has 0 radical (unpaired) electrons. The SMILES string of the molecule is C/C(=C\C(=O)N[C@H]1CC[C@@H](NCCCCCCC#Cc2cccc3c2CN(C2CCC(=O)NC2=O)C3=O)C[C@H]2CC[C@@H](C(=O)N[C@@H](CCC(N)=O)C(=O)CC(c3ccccc3)c3ccccc3)N2C1=O)c1ccc(C(C)(F)F)cc1. The third-order valence-electron chi connectivity index (χ3n) is 15.9. The molecule has 15 nitrogen and oxygen atoms in total. The first-order chi connectivity index (χ1) is 38.4. The highest BCUT2D eigenvalue weighted by Gasteiger charge is 2.46. The molecule has 0 bridgehead atoms. The van der Waals surface area contributed by atoms with Crippen molar-refractivity contribution in [3.8, 4) is 11.8 Å². The molecule has 17 heteroatoms. The van der Waals surface area contributed by atoms with Gasteiger partial charge in [0.1, 0.15) is 18.1 Å². The lowest BCUT2D eigenvalue weighted by molar-refractivity contribution is -0.144. The number of unbranched alkanes of at least 4 members (excludes halogenated alkanes) is 4. The summed E-state index contributed by atoms with van der Waals surface area (Å²) in [5.41, 5.74) is 10.4. The van der Waals surface area contributed by atoms with Crippen LogP contribution in [-0.2, 0) is 46.0 Å². The molecule has 4 aromatic rings. The number of ketones is 1. The highest BCUT2D eigenvalue weighted by Crippen LogP contribution is 2.35. The summed E-state index contributed by atoms with van der Waals surface area (Å²) in [6.45, 7) is 3.44. The molecular weight excluding hydrogens is 1020 g/mol. The van der Waals surface area contributed by atoms with Crippen molar-refractivity contribution in [2.24, 2.45) is 5.73 Å². The highest BCUT2D eigenvalue weighted by molar-refractivity contribution is 6.06. The molecule has 7 amide bonds. The van der Waals surface area contributed by atoms with E-state index in [1.165, 1.54) is 35.2 Å². The van der Waals surface area contributed by atoms with Crippen molar-refractivity contribution in [2.45, 2.75) is 165 Å². The Kier molecular flexibility index (Phi) is 19.6. The van der Waals surface area contributed by atoms with Gasteiger partial charge in [-0.25, -0.2) is 8.78 Å². The van der Waals surface area contributed by atoms with Gasteiger partial charge in [0, 0.05) is 79.9 Å². The quantitative estimate of drug-likeness (QED) is 0.0228. The predicted molar refractivity (Wildman–Crippen MR) is 298 cm³/mol. The maximum atomic E-state index is 14.8. The van der Waals surface area contributed by atoms with Crippen molar-refractivity contribution < 1.29 is 47.1 Å². The van der Waals surface area contributed by atoms with Crippen LogP contribution in [0.25, 0.3) is 5.57 Å². The fraction of sp³-hybridized carbons (Fsp3) is 0.429. The average molecular weight is 1090 g/mol. The molecule has 0 aromatic heterocycles. The summed E-state index contributed by atoms with van der Waals surface area (Å²) in [6.07, 6.45) is 8.06. The number of benzene rings is 4. The summed E-state index contributed by atoms with van der Waals surface area (Å²) in [6, 6.07) is 26.0. The zero-order chi connectivity index (χ0) is 56.9. The van der Waals surface area contributed by atoms with Gasteiger partial charge in [0.2, 0.25) is 35.4 Å². The lowest BCUT2D eigenvalue weighted by Crippen LogP contribution is -2.59. The zero-order valence-corrected chi connectivity index (χ0v) is 45.4. The molecule has 6 atom stereocenters. The number of nitrogens with zero attached hydrogens (tertiary/aromatic N) is 2. The van der Waals surface area contributed by atoms with Crippen LogP contribution in [0.3, 0.4) is 0 Å². The van der Waals surface area contributed by atoms with Crippen molar-refractivity contribution in [2.75, 3.05) is 6.54 Å². The van der Waals surface area contributed by atoms with E-state index in [9.17, 15) is 47.1 Å². The van der Waals surface area contributed by atoms with Gasteiger partial charge in [-0.05, 0) is 111 Å². The Bertz CT molecular complexity index is 2990.